The molecule has 15 heavy (non-hydrogen) atoms. The Morgan fingerprint density at radius 3 is 2.87 bits per heavy atom. The van der Waals surface area contributed by atoms with Crippen LogP contribution in [-0.4, -0.2) is 42.4 Å². The second-order valence-electron chi connectivity index (χ2n) is 4.28. The Labute approximate surface area is 90.0 Å². The number of rotatable bonds is 3. The number of hydrogen-bond acceptors (Lipinski definition) is 3. The molecule has 1 aliphatic heterocycles. The number of carbonyl (C=O) groups excluding carboxylic acids is 2. The number of nitrogens with one attached hydrogen (secondary N) is 1. The third-order valence-electron chi connectivity index (χ3n) is 2.50. The van der Waals surface area contributed by atoms with Crippen molar-refractivity contribution in [2.24, 2.45) is 11.7 Å². The van der Waals surface area contributed by atoms with E-state index in [1.807, 2.05) is 13.8 Å². The first-order valence-corrected chi connectivity index (χ1v) is 5.30. The van der Waals surface area contributed by atoms with Crippen molar-refractivity contribution in [3.63, 3.8) is 0 Å². The molecule has 5 nitrogen and oxygen atoms in total. The number of hydrogen-bond donors (Lipinski definition) is 2. The average molecular weight is 213 g/mol. The lowest BCUT2D eigenvalue weighted by atomic mass is 10.1. The second-order valence-corrected chi connectivity index (χ2v) is 4.28. The first-order chi connectivity index (χ1) is 7.02. The zero-order valence-electron chi connectivity index (χ0n) is 9.32. The van der Waals surface area contributed by atoms with E-state index < -0.39 is 0 Å². The van der Waals surface area contributed by atoms with Gasteiger partial charge in [0.05, 0.1) is 0 Å². The fourth-order valence-corrected chi connectivity index (χ4v) is 1.68. The highest BCUT2D eigenvalue weighted by molar-refractivity contribution is 5.97. The molecule has 1 aliphatic rings. The van der Waals surface area contributed by atoms with Gasteiger partial charge in [-0.1, -0.05) is 6.92 Å². The van der Waals surface area contributed by atoms with E-state index in [0.717, 1.165) is 0 Å². The summed E-state index contributed by atoms with van der Waals surface area (Å²) in [6, 6.07) is 0.0222. The summed E-state index contributed by atoms with van der Waals surface area (Å²) < 4.78 is 0. The molecule has 86 valence electrons. The van der Waals surface area contributed by atoms with Gasteiger partial charge in [-0.25, -0.2) is 0 Å². The quantitative estimate of drug-likeness (QED) is 0.610. The molecule has 0 saturated carbocycles. The number of nitrogens with zero attached hydrogens (tertiary/aromatic N) is 1. The van der Waals surface area contributed by atoms with E-state index in [9.17, 15) is 9.59 Å². The van der Waals surface area contributed by atoms with Gasteiger partial charge in [-0.05, 0) is 19.4 Å². The van der Waals surface area contributed by atoms with Crippen molar-refractivity contribution in [2.75, 3.05) is 19.6 Å². The summed E-state index contributed by atoms with van der Waals surface area (Å²) in [5.41, 5.74) is 5.52. The smallest absolute Gasteiger partial charge is 0.232 e. The summed E-state index contributed by atoms with van der Waals surface area (Å²) in [6.45, 7) is 5.66. The standard InChI is InChI=1S/C10H19N3O2/c1-7(4-11)5-13-6-8(2)12-9(14)3-10(13)15/h7-8H,3-6,11H2,1-2H3,(H,12,14). The Morgan fingerprint density at radius 1 is 1.60 bits per heavy atom. The van der Waals surface area contributed by atoms with Crippen LogP contribution in [0.1, 0.15) is 20.3 Å². The average Bonchev–Trinajstić information content (AvgIpc) is 2.25. The SMILES string of the molecule is CC(CN)CN1CC(C)NC(=O)CC1=O. The Morgan fingerprint density at radius 2 is 2.27 bits per heavy atom. The first-order valence-electron chi connectivity index (χ1n) is 5.30. The molecular formula is C10H19N3O2. The van der Waals surface area contributed by atoms with Gasteiger partial charge in [0.25, 0.3) is 0 Å². The maximum Gasteiger partial charge on any atom is 0.232 e. The summed E-state index contributed by atoms with van der Waals surface area (Å²) >= 11 is 0. The van der Waals surface area contributed by atoms with Crippen molar-refractivity contribution in [3.8, 4) is 0 Å². The molecule has 2 atom stereocenters. The number of nitrogens with two attached hydrogens (primary N) is 1. The lowest BCUT2D eigenvalue weighted by molar-refractivity contribution is -0.134. The van der Waals surface area contributed by atoms with Crippen LogP contribution in [0.5, 0.6) is 0 Å². The summed E-state index contributed by atoms with van der Waals surface area (Å²) in [4.78, 5) is 24.6. The molecular weight excluding hydrogens is 194 g/mol. The zero-order valence-corrected chi connectivity index (χ0v) is 9.32. The van der Waals surface area contributed by atoms with E-state index in [2.05, 4.69) is 5.32 Å². The molecule has 1 rings (SSSR count). The maximum absolute atomic E-state index is 11.6. The van der Waals surface area contributed by atoms with Gasteiger partial charge in [0.1, 0.15) is 6.42 Å². The van der Waals surface area contributed by atoms with Crippen LogP contribution in [0.2, 0.25) is 0 Å². The largest absolute Gasteiger partial charge is 0.351 e. The molecule has 0 aromatic heterocycles. The number of carbonyl (C=O) groups is 2. The van der Waals surface area contributed by atoms with Crippen molar-refractivity contribution in [3.05, 3.63) is 0 Å². The normalized spacial score (nSPS) is 24.7. The molecule has 0 radical (unpaired) electrons. The highest BCUT2D eigenvalue weighted by atomic mass is 16.2. The van der Waals surface area contributed by atoms with Crippen LogP contribution in [0.4, 0.5) is 0 Å². The van der Waals surface area contributed by atoms with Crippen LogP contribution < -0.4 is 11.1 Å². The minimum atomic E-state index is -0.185. The molecule has 1 fully saturated rings. The van der Waals surface area contributed by atoms with Crippen molar-refractivity contribution >= 4 is 11.8 Å². The van der Waals surface area contributed by atoms with Gasteiger partial charge in [0.15, 0.2) is 0 Å². The van der Waals surface area contributed by atoms with Gasteiger partial charge in [-0.3, -0.25) is 9.59 Å². The molecule has 0 aliphatic carbocycles. The highest BCUT2D eigenvalue weighted by Crippen LogP contribution is 2.06. The van der Waals surface area contributed by atoms with Crippen LogP contribution in [0, 0.1) is 5.92 Å². The predicted octanol–water partition coefficient (Wildman–Crippen LogP) is -0.682. The minimum Gasteiger partial charge on any atom is -0.351 e. The minimum absolute atomic E-state index is 0.0222. The van der Waals surface area contributed by atoms with E-state index in [1.54, 1.807) is 4.90 Å². The van der Waals surface area contributed by atoms with Gasteiger partial charge < -0.3 is 16.0 Å². The summed E-state index contributed by atoms with van der Waals surface area (Å²) in [5.74, 6) is -0.0121. The fraction of sp³-hybridized carbons (Fsp3) is 0.800. The molecule has 1 saturated heterocycles. The predicted molar refractivity (Wildman–Crippen MR) is 57.0 cm³/mol. The van der Waals surface area contributed by atoms with Crippen LogP contribution in [0.25, 0.3) is 0 Å². The van der Waals surface area contributed by atoms with Crippen molar-refractivity contribution in [1.82, 2.24) is 10.2 Å². The van der Waals surface area contributed by atoms with Crippen LogP contribution in [-0.2, 0) is 9.59 Å². The van der Waals surface area contributed by atoms with Gasteiger partial charge in [-0.2, -0.15) is 0 Å². The van der Waals surface area contributed by atoms with Crippen LogP contribution >= 0.6 is 0 Å². The summed E-state index contributed by atoms with van der Waals surface area (Å²) in [6.07, 6.45) is -0.0400. The Balaban J connectivity index is 2.61. The van der Waals surface area contributed by atoms with Gasteiger partial charge in [-0.15, -0.1) is 0 Å². The van der Waals surface area contributed by atoms with E-state index in [0.29, 0.717) is 19.6 Å². The Kier molecular flexibility index (Phi) is 4.08. The molecule has 5 heteroatoms. The van der Waals surface area contributed by atoms with Gasteiger partial charge in [0, 0.05) is 19.1 Å². The fourth-order valence-electron chi connectivity index (χ4n) is 1.68. The Bertz CT molecular complexity index is 255. The van der Waals surface area contributed by atoms with Crippen LogP contribution in [0.3, 0.4) is 0 Å². The Hall–Kier alpha value is -1.10. The van der Waals surface area contributed by atoms with E-state index >= 15 is 0 Å². The van der Waals surface area contributed by atoms with Crippen molar-refractivity contribution in [2.45, 2.75) is 26.3 Å². The monoisotopic (exact) mass is 213 g/mol. The second kappa shape index (κ2) is 5.11. The van der Waals surface area contributed by atoms with Crippen molar-refractivity contribution < 1.29 is 9.59 Å². The van der Waals surface area contributed by atoms with E-state index in [4.69, 9.17) is 5.73 Å². The van der Waals surface area contributed by atoms with Crippen LogP contribution in [0.15, 0.2) is 0 Å². The molecule has 0 bridgehead atoms. The third kappa shape index (κ3) is 3.51. The van der Waals surface area contributed by atoms with Gasteiger partial charge >= 0.3 is 0 Å². The van der Waals surface area contributed by atoms with Crippen molar-refractivity contribution in [1.29, 1.82) is 0 Å². The number of amides is 2. The molecule has 0 spiro atoms. The lowest BCUT2D eigenvalue weighted by Crippen LogP contribution is -2.41. The maximum atomic E-state index is 11.6. The lowest BCUT2D eigenvalue weighted by Gasteiger charge is -2.25. The molecule has 2 unspecified atom stereocenters. The third-order valence-corrected chi connectivity index (χ3v) is 2.50. The van der Waals surface area contributed by atoms with E-state index in [1.165, 1.54) is 0 Å². The molecule has 1 heterocycles. The summed E-state index contributed by atoms with van der Waals surface area (Å²) in [5, 5.41) is 2.76. The topological polar surface area (TPSA) is 75.4 Å². The van der Waals surface area contributed by atoms with Gasteiger partial charge in [0.2, 0.25) is 11.8 Å². The molecule has 3 N–H and O–H groups in total. The van der Waals surface area contributed by atoms with E-state index in [-0.39, 0.29) is 30.2 Å². The zero-order chi connectivity index (χ0) is 11.4. The first kappa shape index (κ1) is 12.0. The highest BCUT2D eigenvalue weighted by Gasteiger charge is 2.25. The molecule has 2 amide bonds. The summed E-state index contributed by atoms with van der Waals surface area (Å²) in [7, 11) is 0. The molecule has 0 aromatic rings. The molecule has 0 aromatic carbocycles.